The molecule has 1 aliphatic heterocycles. The van der Waals surface area contributed by atoms with Gasteiger partial charge in [0.1, 0.15) is 6.04 Å². The molecule has 2 aromatic rings. The minimum Gasteiger partial charge on any atom is -0.453 e. The molecule has 3 N–H and O–H groups in total. The zero-order chi connectivity index (χ0) is 33.0. The second-order valence-corrected chi connectivity index (χ2v) is 14.2. The lowest BCUT2D eigenvalue weighted by atomic mass is 9.48. The largest absolute Gasteiger partial charge is 0.453 e. The number of hydrogen-bond acceptors (Lipinski definition) is 8. The van der Waals surface area contributed by atoms with Gasteiger partial charge in [-0.1, -0.05) is 18.5 Å². The standard InChI is InChI=1S/C29H29ClF3N3O8S/c1-13-18-9-17(10-19(13)29(18,41)12-34-27(39)23-8-16(37)11-36(23)28(40)44-2)45(42,43)24-5-14(3-4-20(24)30)26(38)35-15-6-21(31)25(33)22(32)7-15/h3-7,13,17-19,23,41H,8-12H2,1-2H3,(H,34,39)(H,35,38)/t13-,17+,18?,19?,23-,29+/m0/s1. The molecular weight excluding hydrogens is 643 g/mol. The number of ether oxygens (including phenoxy) is 1. The summed E-state index contributed by atoms with van der Waals surface area (Å²) < 4.78 is 72.6. The molecule has 0 spiro atoms. The summed E-state index contributed by atoms with van der Waals surface area (Å²) >= 11 is 6.25. The first-order chi connectivity index (χ1) is 21.1. The molecule has 3 aliphatic carbocycles. The van der Waals surface area contributed by atoms with Gasteiger partial charge in [-0.05, 0) is 48.8 Å². The van der Waals surface area contributed by atoms with Crippen LogP contribution >= 0.6 is 11.6 Å². The van der Waals surface area contributed by atoms with Gasteiger partial charge >= 0.3 is 6.09 Å². The maximum absolute atomic E-state index is 13.8. The van der Waals surface area contributed by atoms with Crippen LogP contribution in [-0.4, -0.2) is 79.2 Å². The van der Waals surface area contributed by atoms with E-state index < -0.39 is 73.9 Å². The summed E-state index contributed by atoms with van der Waals surface area (Å²) in [6.07, 6.45) is -0.994. The number of ketones is 1. The number of hydrogen-bond donors (Lipinski definition) is 3. The van der Waals surface area contributed by atoms with Crippen molar-refractivity contribution in [3.63, 3.8) is 0 Å². The van der Waals surface area contributed by atoms with Crippen molar-refractivity contribution in [1.29, 1.82) is 0 Å². The van der Waals surface area contributed by atoms with Crippen LogP contribution in [0.4, 0.5) is 23.7 Å². The number of rotatable bonds is 7. The molecule has 0 aromatic heterocycles. The molecule has 1 saturated heterocycles. The van der Waals surface area contributed by atoms with Crippen LogP contribution in [0.2, 0.25) is 5.02 Å². The highest BCUT2D eigenvalue weighted by molar-refractivity contribution is 7.92. The van der Waals surface area contributed by atoms with E-state index in [0.29, 0.717) is 12.1 Å². The fourth-order valence-electron chi connectivity index (χ4n) is 6.82. The molecule has 2 unspecified atom stereocenters. The van der Waals surface area contributed by atoms with Crippen molar-refractivity contribution < 1.29 is 50.6 Å². The topological polar surface area (TPSA) is 159 Å². The monoisotopic (exact) mass is 671 g/mol. The van der Waals surface area contributed by atoms with Crippen LogP contribution in [0.15, 0.2) is 35.2 Å². The van der Waals surface area contributed by atoms with Gasteiger partial charge in [0.05, 0.1) is 34.4 Å². The van der Waals surface area contributed by atoms with Gasteiger partial charge in [-0.15, -0.1) is 0 Å². The van der Waals surface area contributed by atoms with Crippen molar-refractivity contribution >= 4 is 50.8 Å². The van der Waals surface area contributed by atoms with Gasteiger partial charge < -0.3 is 20.5 Å². The summed E-state index contributed by atoms with van der Waals surface area (Å²) in [5, 5.41) is 15.2. The Labute approximate surface area is 261 Å². The normalized spacial score (nSPS) is 27.5. The van der Waals surface area contributed by atoms with Gasteiger partial charge in [0.15, 0.2) is 33.1 Å². The Morgan fingerprint density at radius 3 is 2.33 bits per heavy atom. The molecule has 3 atom stereocenters. The minimum absolute atomic E-state index is 0.0173. The average molecular weight is 672 g/mol. The first-order valence-corrected chi connectivity index (χ1v) is 15.9. The lowest BCUT2D eigenvalue weighted by Gasteiger charge is -2.62. The number of carbonyl (C=O) groups excluding carboxylic acids is 4. The Hall–Kier alpha value is -3.69. The predicted molar refractivity (Wildman–Crippen MR) is 153 cm³/mol. The van der Waals surface area contributed by atoms with E-state index >= 15 is 0 Å². The van der Waals surface area contributed by atoms with Gasteiger partial charge in [-0.2, -0.15) is 0 Å². The first kappa shape index (κ1) is 32.7. The second-order valence-electron chi connectivity index (χ2n) is 11.6. The van der Waals surface area contributed by atoms with E-state index in [1.165, 1.54) is 12.1 Å². The molecule has 242 valence electrons. The van der Waals surface area contributed by atoms with Crippen molar-refractivity contribution in [2.75, 3.05) is 25.5 Å². The van der Waals surface area contributed by atoms with Gasteiger partial charge in [-0.25, -0.2) is 26.4 Å². The molecule has 4 fully saturated rings. The summed E-state index contributed by atoms with van der Waals surface area (Å²) in [6, 6.07) is 3.50. The number of carbonyl (C=O) groups is 4. The van der Waals surface area contributed by atoms with Crippen molar-refractivity contribution in [2.45, 2.75) is 48.0 Å². The van der Waals surface area contributed by atoms with Crippen LogP contribution in [-0.2, 0) is 24.2 Å². The molecule has 2 bridgehead atoms. The third-order valence-corrected chi connectivity index (χ3v) is 11.8. The maximum atomic E-state index is 13.8. The Balaban J connectivity index is 1.28. The number of nitrogens with one attached hydrogen (secondary N) is 2. The summed E-state index contributed by atoms with van der Waals surface area (Å²) in [5.74, 6) is -7.79. The maximum Gasteiger partial charge on any atom is 0.410 e. The fraction of sp³-hybridized carbons (Fsp3) is 0.448. The molecule has 0 radical (unpaired) electrons. The number of fused-ring (bicyclic) bond motifs is 2. The SMILES string of the molecule is COC(=O)N1CC(=O)C[C@H]1C(=O)NC[C@]1(O)C2C[C@H](S(=O)(=O)c3cc(C(=O)Nc4cc(F)c(F)c(F)c4)ccc3Cl)CC1[C@@H]2C. The molecule has 1 heterocycles. The van der Waals surface area contributed by atoms with Crippen LogP contribution in [0.5, 0.6) is 0 Å². The number of nitrogens with zero attached hydrogens (tertiary/aromatic N) is 1. The molecule has 3 amide bonds. The minimum atomic E-state index is -4.16. The number of benzene rings is 2. The molecular formula is C29H29ClF3N3O8S. The third-order valence-electron chi connectivity index (χ3n) is 9.17. The number of amides is 3. The molecule has 45 heavy (non-hydrogen) atoms. The van der Waals surface area contributed by atoms with E-state index in [1.54, 1.807) is 0 Å². The Morgan fingerprint density at radius 1 is 1.11 bits per heavy atom. The summed E-state index contributed by atoms with van der Waals surface area (Å²) in [6.45, 7) is 1.37. The molecule has 4 aliphatic rings. The number of aliphatic hydroxyl groups is 1. The van der Waals surface area contributed by atoms with Gasteiger partial charge in [-0.3, -0.25) is 19.3 Å². The Morgan fingerprint density at radius 2 is 1.73 bits per heavy atom. The van der Waals surface area contributed by atoms with Crippen LogP contribution in [0.1, 0.15) is 36.5 Å². The van der Waals surface area contributed by atoms with E-state index in [2.05, 4.69) is 15.4 Å². The Bertz CT molecular complexity index is 1670. The molecule has 6 rings (SSSR count). The third kappa shape index (κ3) is 5.76. The van der Waals surface area contributed by atoms with Gasteiger partial charge in [0, 0.05) is 36.3 Å². The number of sulfone groups is 1. The number of halogens is 4. The zero-order valence-electron chi connectivity index (χ0n) is 24.0. The van der Waals surface area contributed by atoms with Gasteiger partial charge in [0.25, 0.3) is 5.91 Å². The van der Waals surface area contributed by atoms with Crippen molar-refractivity contribution in [2.24, 2.45) is 17.8 Å². The molecule has 2 aromatic carbocycles. The summed E-state index contributed by atoms with van der Waals surface area (Å²) in [4.78, 5) is 50.2. The van der Waals surface area contributed by atoms with Crippen LogP contribution in [0, 0.1) is 35.2 Å². The number of likely N-dealkylation sites (tertiary alicyclic amines) is 1. The lowest BCUT2D eigenvalue weighted by molar-refractivity contribution is -0.213. The van der Waals surface area contributed by atoms with Crippen molar-refractivity contribution in [3.8, 4) is 0 Å². The van der Waals surface area contributed by atoms with Crippen molar-refractivity contribution in [3.05, 3.63) is 58.4 Å². The second kappa shape index (κ2) is 11.9. The number of Topliss-reactive ketones (excluding diaryl/α,β-unsaturated/α-hetero) is 1. The van der Waals surface area contributed by atoms with Crippen LogP contribution in [0.25, 0.3) is 0 Å². The summed E-state index contributed by atoms with van der Waals surface area (Å²) in [5.41, 5.74) is -2.02. The molecule has 16 heteroatoms. The van der Waals surface area contributed by atoms with Crippen LogP contribution < -0.4 is 10.6 Å². The molecule has 11 nitrogen and oxygen atoms in total. The van der Waals surface area contributed by atoms with E-state index in [4.69, 9.17) is 11.6 Å². The number of methoxy groups -OCH3 is 1. The smallest absolute Gasteiger partial charge is 0.410 e. The lowest BCUT2D eigenvalue weighted by Crippen LogP contribution is -2.71. The van der Waals surface area contributed by atoms with E-state index in [1.807, 2.05) is 6.92 Å². The van der Waals surface area contributed by atoms with E-state index in [-0.39, 0.29) is 65.2 Å². The summed E-state index contributed by atoms with van der Waals surface area (Å²) in [7, 11) is -3.04. The van der Waals surface area contributed by atoms with Crippen molar-refractivity contribution in [1.82, 2.24) is 10.2 Å². The Kier molecular flexibility index (Phi) is 8.66. The quantitative estimate of drug-likeness (QED) is 0.379. The zero-order valence-corrected chi connectivity index (χ0v) is 25.6. The van der Waals surface area contributed by atoms with Crippen LogP contribution in [0.3, 0.4) is 0 Å². The highest BCUT2D eigenvalue weighted by Crippen LogP contribution is 2.59. The highest BCUT2D eigenvalue weighted by atomic mass is 35.5. The van der Waals surface area contributed by atoms with E-state index in [9.17, 15) is 45.9 Å². The van der Waals surface area contributed by atoms with E-state index in [0.717, 1.165) is 18.1 Å². The molecule has 3 saturated carbocycles. The average Bonchev–Trinajstić information content (AvgIpc) is 3.40. The highest BCUT2D eigenvalue weighted by Gasteiger charge is 2.64. The first-order valence-electron chi connectivity index (χ1n) is 13.9. The number of anilines is 1. The fourth-order valence-corrected chi connectivity index (χ4v) is 9.17. The predicted octanol–water partition coefficient (Wildman–Crippen LogP) is 3.08. The van der Waals surface area contributed by atoms with Gasteiger partial charge in [0.2, 0.25) is 5.91 Å².